The molecule has 0 atom stereocenters. The Balaban J connectivity index is 4.30. The lowest BCUT2D eigenvalue weighted by Gasteiger charge is -2.10. The van der Waals surface area contributed by atoms with Crippen LogP contribution in [0.1, 0.15) is 41.0 Å². The van der Waals surface area contributed by atoms with Crippen LogP contribution >= 0.6 is 0 Å². The van der Waals surface area contributed by atoms with Gasteiger partial charge in [0.25, 0.3) is 0 Å². The van der Waals surface area contributed by atoms with E-state index in [9.17, 15) is 0 Å². The standard InChI is InChI=1S/C11H20N2/c1-7-9(2)13-10(3)8-12-11(4,5)6/h8H,2,7H2,1,3-6H3. The zero-order valence-electron chi connectivity index (χ0n) is 9.39. The van der Waals surface area contributed by atoms with Gasteiger partial charge >= 0.3 is 0 Å². The molecule has 13 heavy (non-hydrogen) atoms. The molecule has 0 rings (SSSR count). The molecule has 0 aromatic carbocycles. The van der Waals surface area contributed by atoms with Gasteiger partial charge in [-0.05, 0) is 34.1 Å². The second-order valence-corrected chi connectivity index (χ2v) is 4.10. The van der Waals surface area contributed by atoms with Crippen molar-refractivity contribution >= 4 is 11.9 Å². The molecule has 0 amide bonds. The van der Waals surface area contributed by atoms with Crippen molar-refractivity contribution in [1.82, 2.24) is 0 Å². The summed E-state index contributed by atoms with van der Waals surface area (Å²) >= 11 is 0. The lowest BCUT2D eigenvalue weighted by Crippen LogP contribution is -2.11. The van der Waals surface area contributed by atoms with Crippen molar-refractivity contribution in [2.24, 2.45) is 9.98 Å². The van der Waals surface area contributed by atoms with E-state index in [1.165, 1.54) is 0 Å². The van der Waals surface area contributed by atoms with Gasteiger partial charge in [0, 0.05) is 11.9 Å². The summed E-state index contributed by atoms with van der Waals surface area (Å²) in [5, 5.41) is 0. The first-order valence-electron chi connectivity index (χ1n) is 4.63. The second kappa shape index (κ2) is 4.95. The Morgan fingerprint density at radius 2 is 1.92 bits per heavy atom. The zero-order chi connectivity index (χ0) is 10.5. The van der Waals surface area contributed by atoms with E-state index in [0.717, 1.165) is 17.8 Å². The van der Waals surface area contributed by atoms with E-state index < -0.39 is 0 Å². The van der Waals surface area contributed by atoms with Gasteiger partial charge in [-0.15, -0.1) is 0 Å². The Kier molecular flexibility index (Phi) is 4.60. The first kappa shape index (κ1) is 12.1. The van der Waals surface area contributed by atoms with E-state index in [1.54, 1.807) is 6.21 Å². The summed E-state index contributed by atoms with van der Waals surface area (Å²) in [7, 11) is 0. The monoisotopic (exact) mass is 180 g/mol. The van der Waals surface area contributed by atoms with Crippen LogP contribution in [0.25, 0.3) is 0 Å². The minimum Gasteiger partial charge on any atom is -0.286 e. The number of nitrogens with zero attached hydrogens (tertiary/aromatic N) is 2. The summed E-state index contributed by atoms with van der Waals surface area (Å²) in [4.78, 5) is 8.62. The molecule has 0 aromatic rings. The third-order valence-electron chi connectivity index (χ3n) is 1.38. The maximum Gasteiger partial charge on any atom is 0.0553 e. The Hall–Kier alpha value is -0.920. The van der Waals surface area contributed by atoms with E-state index in [-0.39, 0.29) is 5.54 Å². The van der Waals surface area contributed by atoms with Gasteiger partial charge in [0.15, 0.2) is 0 Å². The first-order chi connectivity index (χ1) is 5.85. The summed E-state index contributed by atoms with van der Waals surface area (Å²) in [6.45, 7) is 14.0. The van der Waals surface area contributed by atoms with Gasteiger partial charge < -0.3 is 0 Å². The molecule has 0 saturated heterocycles. The van der Waals surface area contributed by atoms with Gasteiger partial charge in [0.1, 0.15) is 0 Å². The fraction of sp³-hybridized carbons (Fsp3) is 0.636. The van der Waals surface area contributed by atoms with E-state index in [4.69, 9.17) is 0 Å². The first-order valence-corrected chi connectivity index (χ1v) is 4.63. The van der Waals surface area contributed by atoms with Crippen molar-refractivity contribution < 1.29 is 0 Å². The Morgan fingerprint density at radius 1 is 1.38 bits per heavy atom. The van der Waals surface area contributed by atoms with E-state index >= 15 is 0 Å². The van der Waals surface area contributed by atoms with Crippen molar-refractivity contribution in [2.75, 3.05) is 0 Å². The number of aliphatic imine (C=N–C) groups is 2. The molecule has 74 valence electrons. The SMILES string of the molecule is C=C(CC)N=C(C)C=NC(C)(C)C. The van der Waals surface area contributed by atoms with Crippen LogP contribution in [0, 0.1) is 0 Å². The summed E-state index contributed by atoms with van der Waals surface area (Å²) < 4.78 is 0. The Bertz CT molecular complexity index is 229. The van der Waals surface area contributed by atoms with Crippen molar-refractivity contribution in [1.29, 1.82) is 0 Å². The second-order valence-electron chi connectivity index (χ2n) is 4.10. The lowest BCUT2D eigenvalue weighted by atomic mass is 10.1. The van der Waals surface area contributed by atoms with Crippen LogP contribution in [0.4, 0.5) is 0 Å². The highest BCUT2D eigenvalue weighted by Crippen LogP contribution is 2.05. The summed E-state index contributed by atoms with van der Waals surface area (Å²) in [5.74, 6) is 0. The summed E-state index contributed by atoms with van der Waals surface area (Å²) in [5.41, 5.74) is 1.80. The van der Waals surface area contributed by atoms with Crippen LogP contribution in [-0.2, 0) is 0 Å². The fourth-order valence-corrected chi connectivity index (χ4v) is 0.644. The molecule has 0 aromatic heterocycles. The minimum atomic E-state index is -0.0235. The van der Waals surface area contributed by atoms with Crippen molar-refractivity contribution in [3.63, 3.8) is 0 Å². The topological polar surface area (TPSA) is 24.7 Å². The summed E-state index contributed by atoms with van der Waals surface area (Å²) in [6, 6.07) is 0. The predicted octanol–water partition coefficient (Wildman–Crippen LogP) is 3.24. The molecule has 2 nitrogen and oxygen atoms in total. The lowest BCUT2D eigenvalue weighted by molar-refractivity contribution is 0.587. The largest absolute Gasteiger partial charge is 0.286 e. The van der Waals surface area contributed by atoms with Gasteiger partial charge in [0.05, 0.1) is 11.3 Å². The molecule has 0 aliphatic rings. The molecule has 0 saturated carbocycles. The Morgan fingerprint density at radius 3 is 2.31 bits per heavy atom. The van der Waals surface area contributed by atoms with E-state index in [0.29, 0.717) is 0 Å². The van der Waals surface area contributed by atoms with Crippen LogP contribution < -0.4 is 0 Å². The van der Waals surface area contributed by atoms with Gasteiger partial charge in [-0.1, -0.05) is 13.5 Å². The normalized spacial score (nSPS) is 13.8. The highest BCUT2D eigenvalue weighted by molar-refractivity contribution is 6.29. The molecule has 0 radical (unpaired) electrons. The molecule has 0 spiro atoms. The molecular formula is C11H20N2. The molecule has 0 bridgehead atoms. The number of hydrogen-bond acceptors (Lipinski definition) is 2. The molecule has 0 N–H and O–H groups in total. The third kappa shape index (κ3) is 7.44. The molecule has 0 aliphatic carbocycles. The van der Waals surface area contributed by atoms with Gasteiger partial charge in [-0.25, -0.2) is 0 Å². The zero-order valence-corrected chi connectivity index (χ0v) is 9.39. The highest BCUT2D eigenvalue weighted by atomic mass is 14.8. The van der Waals surface area contributed by atoms with Gasteiger partial charge in [-0.2, -0.15) is 0 Å². The smallest absolute Gasteiger partial charge is 0.0553 e. The molecule has 0 aliphatic heterocycles. The van der Waals surface area contributed by atoms with E-state index in [1.807, 2.05) is 13.8 Å². The fourth-order valence-electron chi connectivity index (χ4n) is 0.644. The number of rotatable bonds is 3. The average molecular weight is 180 g/mol. The van der Waals surface area contributed by atoms with E-state index in [2.05, 4.69) is 37.3 Å². The third-order valence-corrected chi connectivity index (χ3v) is 1.38. The minimum absolute atomic E-state index is 0.0235. The highest BCUT2D eigenvalue weighted by Gasteiger charge is 2.04. The Labute approximate surface area is 81.5 Å². The quantitative estimate of drug-likeness (QED) is 0.596. The predicted molar refractivity (Wildman–Crippen MR) is 60.8 cm³/mol. The molecule has 0 heterocycles. The summed E-state index contributed by atoms with van der Waals surface area (Å²) in [6.07, 6.45) is 2.70. The van der Waals surface area contributed by atoms with Gasteiger partial charge in [-0.3, -0.25) is 9.98 Å². The van der Waals surface area contributed by atoms with Gasteiger partial charge in [0.2, 0.25) is 0 Å². The number of hydrogen-bond donors (Lipinski definition) is 0. The van der Waals surface area contributed by atoms with Crippen LogP contribution in [-0.4, -0.2) is 17.5 Å². The number of allylic oxidation sites excluding steroid dienone is 1. The molecule has 2 heteroatoms. The van der Waals surface area contributed by atoms with Crippen LogP contribution in [0.15, 0.2) is 22.3 Å². The van der Waals surface area contributed by atoms with Crippen LogP contribution in [0.5, 0.6) is 0 Å². The molecule has 0 fully saturated rings. The average Bonchev–Trinajstić information content (AvgIpc) is 1.99. The molecular weight excluding hydrogens is 160 g/mol. The molecule has 0 unspecified atom stereocenters. The van der Waals surface area contributed by atoms with Crippen molar-refractivity contribution in [3.8, 4) is 0 Å². The van der Waals surface area contributed by atoms with Crippen LogP contribution in [0.3, 0.4) is 0 Å². The van der Waals surface area contributed by atoms with Crippen LogP contribution in [0.2, 0.25) is 0 Å². The van der Waals surface area contributed by atoms with Crippen molar-refractivity contribution in [3.05, 3.63) is 12.3 Å². The maximum atomic E-state index is 4.35. The maximum absolute atomic E-state index is 4.35. The van der Waals surface area contributed by atoms with Crippen molar-refractivity contribution in [2.45, 2.75) is 46.6 Å².